The Kier molecular flexibility index (Phi) is 4.82. The molecule has 0 bridgehead atoms. The molecule has 8 nitrogen and oxygen atoms in total. The molecule has 0 aromatic carbocycles. The maximum absolute atomic E-state index is 13.1. The summed E-state index contributed by atoms with van der Waals surface area (Å²) in [5.74, 6) is -0.116. The minimum absolute atomic E-state index is 0.0299. The van der Waals surface area contributed by atoms with E-state index in [9.17, 15) is 9.59 Å². The molecule has 0 aliphatic carbocycles. The van der Waals surface area contributed by atoms with Gasteiger partial charge in [0.25, 0.3) is 5.91 Å². The molecular weight excluding hydrogens is 346 g/mol. The molecule has 8 heteroatoms. The maximum atomic E-state index is 13.1. The number of likely N-dealkylation sites (tertiary alicyclic amines) is 1. The van der Waals surface area contributed by atoms with Crippen LogP contribution in [0.2, 0.25) is 0 Å². The molecule has 1 atom stereocenters. The van der Waals surface area contributed by atoms with E-state index in [1.165, 1.54) is 0 Å². The minimum atomic E-state index is -0.389. The van der Waals surface area contributed by atoms with Crippen molar-refractivity contribution in [3.05, 3.63) is 24.2 Å². The lowest BCUT2D eigenvalue weighted by Gasteiger charge is -2.32. The zero-order valence-electron chi connectivity index (χ0n) is 15.8. The molecule has 27 heavy (non-hydrogen) atoms. The normalized spacial score (nSPS) is 20.6. The minimum Gasteiger partial charge on any atom is -0.378 e. The largest absolute Gasteiger partial charge is 0.378 e. The first-order valence-electron chi connectivity index (χ1n) is 9.56. The highest BCUT2D eigenvalue weighted by molar-refractivity contribution is 5.99. The third-order valence-electron chi connectivity index (χ3n) is 5.34. The monoisotopic (exact) mass is 371 g/mol. The van der Waals surface area contributed by atoms with Crippen LogP contribution < -0.4 is 0 Å². The van der Waals surface area contributed by atoms with Gasteiger partial charge in [-0.05, 0) is 32.8 Å². The van der Waals surface area contributed by atoms with Crippen molar-refractivity contribution in [2.24, 2.45) is 0 Å². The number of ether oxygens (including phenoxy) is 1. The lowest BCUT2D eigenvalue weighted by atomic mass is 10.1. The second-order valence-electron chi connectivity index (χ2n) is 7.41. The molecular formula is C19H25N5O3. The van der Waals surface area contributed by atoms with Gasteiger partial charge in [0, 0.05) is 31.9 Å². The van der Waals surface area contributed by atoms with Crippen molar-refractivity contribution in [3.8, 4) is 0 Å². The van der Waals surface area contributed by atoms with E-state index in [0.717, 1.165) is 12.1 Å². The Hall–Kier alpha value is -2.48. The Morgan fingerprint density at radius 1 is 1.19 bits per heavy atom. The Bertz CT molecular complexity index is 856. The molecule has 2 aromatic rings. The SMILES string of the molecule is CC(C)n1cnc2cc(C(=O)N3CCC[C@H]3C(=O)N3CCOCC3)cnc21. The highest BCUT2D eigenvalue weighted by atomic mass is 16.5. The fourth-order valence-corrected chi connectivity index (χ4v) is 3.84. The van der Waals surface area contributed by atoms with Crippen molar-refractivity contribution in [2.45, 2.75) is 38.8 Å². The fraction of sp³-hybridized carbons (Fsp3) is 0.579. The summed E-state index contributed by atoms with van der Waals surface area (Å²) < 4.78 is 7.30. The molecule has 144 valence electrons. The van der Waals surface area contributed by atoms with Gasteiger partial charge >= 0.3 is 0 Å². The summed E-state index contributed by atoms with van der Waals surface area (Å²) in [5.41, 5.74) is 1.95. The van der Waals surface area contributed by atoms with Gasteiger partial charge in [-0.1, -0.05) is 0 Å². The summed E-state index contributed by atoms with van der Waals surface area (Å²) in [7, 11) is 0. The molecule has 2 saturated heterocycles. The molecule has 0 saturated carbocycles. The lowest BCUT2D eigenvalue weighted by Crippen LogP contribution is -2.51. The number of carbonyl (C=O) groups excluding carboxylic acids is 2. The number of nitrogens with zero attached hydrogens (tertiary/aromatic N) is 5. The summed E-state index contributed by atoms with van der Waals surface area (Å²) >= 11 is 0. The second kappa shape index (κ2) is 7.26. The maximum Gasteiger partial charge on any atom is 0.256 e. The Morgan fingerprint density at radius 2 is 1.96 bits per heavy atom. The van der Waals surface area contributed by atoms with Crippen molar-refractivity contribution in [3.63, 3.8) is 0 Å². The number of hydrogen-bond donors (Lipinski definition) is 0. The van der Waals surface area contributed by atoms with Crippen molar-refractivity contribution < 1.29 is 14.3 Å². The van der Waals surface area contributed by atoms with E-state index in [1.54, 1.807) is 23.5 Å². The molecule has 0 N–H and O–H groups in total. The smallest absolute Gasteiger partial charge is 0.256 e. The predicted octanol–water partition coefficient (Wildman–Crippen LogP) is 1.48. The summed E-state index contributed by atoms with van der Waals surface area (Å²) in [6.45, 7) is 7.03. The number of carbonyl (C=O) groups is 2. The van der Waals surface area contributed by atoms with Gasteiger partial charge in [0.1, 0.15) is 11.6 Å². The molecule has 2 aliphatic rings. The van der Waals surface area contributed by atoms with Crippen LogP contribution in [0.5, 0.6) is 0 Å². The van der Waals surface area contributed by atoms with Gasteiger partial charge in [0.15, 0.2) is 5.65 Å². The van der Waals surface area contributed by atoms with Gasteiger partial charge in [-0.3, -0.25) is 9.59 Å². The van der Waals surface area contributed by atoms with Gasteiger partial charge in [-0.2, -0.15) is 0 Å². The standard InChI is InChI=1S/C19H25N5O3/c1-13(2)24-12-21-15-10-14(11-20-17(15)24)18(25)23-5-3-4-16(23)19(26)22-6-8-27-9-7-22/h10-13,16H,3-9H2,1-2H3/t16-/m0/s1. The van der Waals surface area contributed by atoms with Crippen LogP contribution in [-0.2, 0) is 9.53 Å². The van der Waals surface area contributed by atoms with Crippen LogP contribution in [0.1, 0.15) is 43.1 Å². The highest BCUT2D eigenvalue weighted by Crippen LogP contribution is 2.24. The van der Waals surface area contributed by atoms with Gasteiger partial charge < -0.3 is 19.1 Å². The zero-order chi connectivity index (χ0) is 19.0. The van der Waals surface area contributed by atoms with Crippen LogP contribution in [0.25, 0.3) is 11.2 Å². The molecule has 0 unspecified atom stereocenters. The van der Waals surface area contributed by atoms with Crippen LogP contribution in [0.15, 0.2) is 18.6 Å². The first-order chi connectivity index (χ1) is 13.1. The summed E-state index contributed by atoms with van der Waals surface area (Å²) in [6.07, 6.45) is 4.89. The zero-order valence-corrected chi connectivity index (χ0v) is 15.8. The number of fused-ring (bicyclic) bond motifs is 1. The van der Waals surface area contributed by atoms with Crippen LogP contribution in [0.3, 0.4) is 0 Å². The second-order valence-corrected chi connectivity index (χ2v) is 7.41. The van der Waals surface area contributed by atoms with Gasteiger partial charge in [-0.15, -0.1) is 0 Å². The fourth-order valence-electron chi connectivity index (χ4n) is 3.84. The molecule has 2 amide bonds. The quantitative estimate of drug-likeness (QED) is 0.816. The Labute approximate surface area is 158 Å². The van der Waals surface area contributed by atoms with Crippen molar-refractivity contribution in [1.82, 2.24) is 24.3 Å². The Morgan fingerprint density at radius 3 is 2.70 bits per heavy atom. The van der Waals surface area contributed by atoms with Gasteiger partial charge in [0.2, 0.25) is 5.91 Å². The number of imidazole rings is 1. The highest BCUT2D eigenvalue weighted by Gasteiger charge is 2.37. The summed E-state index contributed by atoms with van der Waals surface area (Å²) in [5, 5.41) is 0. The van der Waals surface area contributed by atoms with Crippen molar-refractivity contribution in [1.29, 1.82) is 0 Å². The molecule has 2 aromatic heterocycles. The molecule has 0 radical (unpaired) electrons. The molecule has 4 heterocycles. The van der Waals surface area contributed by atoms with E-state index in [-0.39, 0.29) is 23.9 Å². The van der Waals surface area contributed by atoms with Crippen LogP contribution in [0.4, 0.5) is 0 Å². The number of aromatic nitrogens is 3. The molecule has 2 aliphatic heterocycles. The van der Waals surface area contributed by atoms with Crippen LogP contribution in [0, 0.1) is 0 Å². The first-order valence-corrected chi connectivity index (χ1v) is 9.56. The molecule has 4 rings (SSSR count). The number of hydrogen-bond acceptors (Lipinski definition) is 5. The average Bonchev–Trinajstić information content (AvgIpc) is 3.34. The first kappa shape index (κ1) is 17.9. The summed E-state index contributed by atoms with van der Waals surface area (Å²) in [6, 6.07) is 1.63. The number of morpholine rings is 1. The Balaban J connectivity index is 1.55. The van der Waals surface area contributed by atoms with Gasteiger partial charge in [0.05, 0.1) is 25.1 Å². The van der Waals surface area contributed by atoms with E-state index < -0.39 is 0 Å². The lowest BCUT2D eigenvalue weighted by molar-refractivity contribution is -0.139. The number of rotatable bonds is 3. The van der Waals surface area contributed by atoms with E-state index in [1.807, 2.05) is 9.47 Å². The van der Waals surface area contributed by atoms with Crippen LogP contribution >= 0.6 is 0 Å². The van der Waals surface area contributed by atoms with E-state index in [2.05, 4.69) is 23.8 Å². The topological polar surface area (TPSA) is 80.6 Å². The third kappa shape index (κ3) is 3.29. The number of pyridine rings is 1. The predicted molar refractivity (Wildman–Crippen MR) is 99.4 cm³/mol. The third-order valence-corrected chi connectivity index (χ3v) is 5.34. The van der Waals surface area contributed by atoms with Crippen molar-refractivity contribution >= 4 is 23.0 Å². The van der Waals surface area contributed by atoms with Crippen LogP contribution in [-0.4, -0.2) is 75.0 Å². The van der Waals surface area contributed by atoms with E-state index in [4.69, 9.17) is 4.74 Å². The van der Waals surface area contributed by atoms with Crippen molar-refractivity contribution in [2.75, 3.05) is 32.8 Å². The van der Waals surface area contributed by atoms with E-state index >= 15 is 0 Å². The molecule has 2 fully saturated rings. The van der Waals surface area contributed by atoms with E-state index in [0.29, 0.717) is 50.3 Å². The number of amides is 2. The average molecular weight is 371 g/mol. The van der Waals surface area contributed by atoms with Gasteiger partial charge in [-0.25, -0.2) is 9.97 Å². The summed E-state index contributed by atoms with van der Waals surface area (Å²) in [4.78, 5) is 38.3. The molecule has 0 spiro atoms.